The fraction of sp³-hybridized carbons (Fsp3) is 0.312. The van der Waals surface area contributed by atoms with Gasteiger partial charge in [0.25, 0.3) is 0 Å². The lowest BCUT2D eigenvalue weighted by Crippen LogP contribution is -2.09. The van der Waals surface area contributed by atoms with Gasteiger partial charge in [-0.25, -0.2) is 4.52 Å². The van der Waals surface area contributed by atoms with E-state index in [2.05, 4.69) is 27.6 Å². The molecule has 3 aromatic heterocycles. The van der Waals surface area contributed by atoms with Crippen molar-refractivity contribution in [2.45, 2.75) is 12.3 Å². The third-order valence-electron chi connectivity index (χ3n) is 4.30. The summed E-state index contributed by atoms with van der Waals surface area (Å²) >= 11 is 0. The molecule has 4 heterocycles. The monoisotopic (exact) mass is 292 g/mol. The van der Waals surface area contributed by atoms with Crippen molar-refractivity contribution in [3.05, 3.63) is 42.0 Å². The van der Waals surface area contributed by atoms with E-state index in [0.717, 1.165) is 36.2 Å². The number of hydrogen-bond donors (Lipinski definition) is 1. The molecular formula is C16H16N6. The van der Waals surface area contributed by atoms with E-state index in [9.17, 15) is 5.26 Å². The van der Waals surface area contributed by atoms with Crippen molar-refractivity contribution in [2.24, 2.45) is 7.05 Å². The van der Waals surface area contributed by atoms with E-state index in [1.54, 1.807) is 10.9 Å². The quantitative estimate of drug-likeness (QED) is 0.780. The average molecular weight is 292 g/mol. The van der Waals surface area contributed by atoms with Crippen LogP contribution in [0.25, 0.3) is 16.6 Å². The lowest BCUT2D eigenvalue weighted by atomic mass is 9.94. The van der Waals surface area contributed by atoms with E-state index < -0.39 is 0 Å². The highest BCUT2D eigenvalue weighted by molar-refractivity contribution is 5.72. The van der Waals surface area contributed by atoms with Gasteiger partial charge in [-0.15, -0.1) is 0 Å². The van der Waals surface area contributed by atoms with Gasteiger partial charge < -0.3 is 5.32 Å². The van der Waals surface area contributed by atoms with Crippen LogP contribution < -0.4 is 5.32 Å². The standard InChI is InChI=1S/C16H16N6/c1-21-9-14(8-19-21)12-4-15(11-2-3-18-6-11)16-13(5-17)7-20-22(16)10-12/h4,7-11,18H,2-3,6H2,1H3. The highest BCUT2D eigenvalue weighted by Gasteiger charge is 2.22. The van der Waals surface area contributed by atoms with E-state index in [1.807, 2.05) is 30.2 Å². The van der Waals surface area contributed by atoms with Gasteiger partial charge in [0.2, 0.25) is 0 Å². The molecule has 1 unspecified atom stereocenters. The van der Waals surface area contributed by atoms with E-state index in [-0.39, 0.29) is 0 Å². The lowest BCUT2D eigenvalue weighted by Gasteiger charge is -2.13. The van der Waals surface area contributed by atoms with Gasteiger partial charge in [0, 0.05) is 37.1 Å². The number of rotatable bonds is 2. The van der Waals surface area contributed by atoms with Crippen LogP contribution in [0.3, 0.4) is 0 Å². The normalized spacial score (nSPS) is 17.9. The summed E-state index contributed by atoms with van der Waals surface area (Å²) in [6, 6.07) is 4.44. The molecule has 0 radical (unpaired) electrons. The molecule has 6 nitrogen and oxygen atoms in total. The summed E-state index contributed by atoms with van der Waals surface area (Å²) < 4.78 is 3.62. The van der Waals surface area contributed by atoms with Crippen molar-refractivity contribution < 1.29 is 0 Å². The number of aryl methyl sites for hydroxylation is 1. The van der Waals surface area contributed by atoms with Crippen LogP contribution in [0.2, 0.25) is 0 Å². The molecule has 22 heavy (non-hydrogen) atoms. The molecular weight excluding hydrogens is 276 g/mol. The smallest absolute Gasteiger partial charge is 0.103 e. The Morgan fingerprint density at radius 2 is 2.18 bits per heavy atom. The lowest BCUT2D eigenvalue weighted by molar-refractivity contribution is 0.761. The number of pyridine rings is 1. The SMILES string of the molecule is Cn1cc(-c2cc(C3CCNC3)c3c(C#N)cnn3c2)cn1. The molecule has 3 aromatic rings. The topological polar surface area (TPSA) is 70.9 Å². The van der Waals surface area contributed by atoms with Crippen molar-refractivity contribution in [3.8, 4) is 17.2 Å². The van der Waals surface area contributed by atoms with Gasteiger partial charge in [0.05, 0.1) is 23.5 Å². The molecule has 0 bridgehead atoms. The molecule has 1 aliphatic rings. The van der Waals surface area contributed by atoms with Gasteiger partial charge >= 0.3 is 0 Å². The summed E-state index contributed by atoms with van der Waals surface area (Å²) in [6.45, 7) is 1.96. The van der Waals surface area contributed by atoms with Crippen LogP contribution in [-0.4, -0.2) is 32.5 Å². The fourth-order valence-electron chi connectivity index (χ4n) is 3.19. The Bertz CT molecular complexity index is 876. The number of nitriles is 1. The first-order valence-electron chi connectivity index (χ1n) is 7.37. The molecule has 0 aliphatic carbocycles. The Labute approximate surface area is 128 Å². The third kappa shape index (κ3) is 1.98. The maximum atomic E-state index is 9.35. The molecule has 1 atom stereocenters. The molecule has 4 rings (SSSR count). The molecule has 110 valence electrons. The minimum absolute atomic E-state index is 0.419. The number of fused-ring (bicyclic) bond motifs is 1. The fourth-order valence-corrected chi connectivity index (χ4v) is 3.19. The summed E-state index contributed by atoms with van der Waals surface area (Å²) in [5.41, 5.74) is 4.91. The number of nitrogens with zero attached hydrogens (tertiary/aromatic N) is 5. The molecule has 0 aromatic carbocycles. The van der Waals surface area contributed by atoms with Crippen molar-refractivity contribution in [3.63, 3.8) is 0 Å². The Kier molecular flexibility index (Phi) is 2.94. The second-order valence-electron chi connectivity index (χ2n) is 5.74. The summed E-state index contributed by atoms with van der Waals surface area (Å²) in [7, 11) is 1.91. The second kappa shape index (κ2) is 4.97. The van der Waals surface area contributed by atoms with Crippen LogP contribution in [0.15, 0.2) is 30.9 Å². The van der Waals surface area contributed by atoms with Gasteiger partial charge in [-0.05, 0) is 30.5 Å². The number of nitrogens with one attached hydrogen (secondary N) is 1. The minimum Gasteiger partial charge on any atom is -0.316 e. The van der Waals surface area contributed by atoms with Crippen molar-refractivity contribution in [1.82, 2.24) is 24.7 Å². The first-order valence-corrected chi connectivity index (χ1v) is 7.37. The summed E-state index contributed by atoms with van der Waals surface area (Å²) in [5.74, 6) is 0.419. The van der Waals surface area contributed by atoms with E-state index in [1.165, 1.54) is 5.56 Å². The largest absolute Gasteiger partial charge is 0.316 e. The Hall–Kier alpha value is -2.65. The van der Waals surface area contributed by atoms with Crippen LogP contribution in [0.4, 0.5) is 0 Å². The van der Waals surface area contributed by atoms with Gasteiger partial charge in [-0.3, -0.25) is 4.68 Å². The minimum atomic E-state index is 0.419. The molecule has 6 heteroatoms. The predicted octanol–water partition coefficient (Wildman–Crippen LogP) is 1.68. The zero-order valence-electron chi connectivity index (χ0n) is 12.3. The zero-order chi connectivity index (χ0) is 15.1. The predicted molar refractivity (Wildman–Crippen MR) is 82.3 cm³/mol. The first-order chi connectivity index (χ1) is 10.8. The van der Waals surface area contributed by atoms with Gasteiger partial charge in [0.15, 0.2) is 0 Å². The average Bonchev–Trinajstić information content (AvgIpc) is 3.26. The van der Waals surface area contributed by atoms with Crippen molar-refractivity contribution in [2.75, 3.05) is 13.1 Å². The summed E-state index contributed by atoms with van der Waals surface area (Å²) in [6.07, 6.45) is 8.55. The number of hydrogen-bond acceptors (Lipinski definition) is 4. The summed E-state index contributed by atoms with van der Waals surface area (Å²) in [4.78, 5) is 0. The summed E-state index contributed by atoms with van der Waals surface area (Å²) in [5, 5.41) is 21.4. The maximum Gasteiger partial charge on any atom is 0.103 e. The molecule has 0 amide bonds. The number of aromatic nitrogens is 4. The van der Waals surface area contributed by atoms with Crippen molar-refractivity contribution in [1.29, 1.82) is 5.26 Å². The van der Waals surface area contributed by atoms with E-state index >= 15 is 0 Å². The molecule has 1 N–H and O–H groups in total. The molecule has 1 aliphatic heterocycles. The van der Waals surface area contributed by atoms with Crippen molar-refractivity contribution >= 4 is 5.52 Å². The molecule has 1 fully saturated rings. The Balaban J connectivity index is 1.96. The second-order valence-corrected chi connectivity index (χ2v) is 5.74. The maximum absolute atomic E-state index is 9.35. The first kappa shape index (κ1) is 13.0. The van der Waals surface area contributed by atoms with Crippen LogP contribution in [-0.2, 0) is 7.05 Å². The molecule has 1 saturated heterocycles. The van der Waals surface area contributed by atoms with Crippen LogP contribution in [0, 0.1) is 11.3 Å². The van der Waals surface area contributed by atoms with Crippen LogP contribution in [0.1, 0.15) is 23.5 Å². The molecule has 0 saturated carbocycles. The molecule has 0 spiro atoms. The Morgan fingerprint density at radius 1 is 1.27 bits per heavy atom. The third-order valence-corrected chi connectivity index (χ3v) is 4.30. The van der Waals surface area contributed by atoms with Gasteiger partial charge in [-0.2, -0.15) is 15.5 Å². The highest BCUT2D eigenvalue weighted by Crippen LogP contribution is 2.32. The van der Waals surface area contributed by atoms with Gasteiger partial charge in [-0.1, -0.05) is 0 Å². The van der Waals surface area contributed by atoms with Gasteiger partial charge in [0.1, 0.15) is 6.07 Å². The Morgan fingerprint density at radius 3 is 2.86 bits per heavy atom. The highest BCUT2D eigenvalue weighted by atomic mass is 15.2. The van der Waals surface area contributed by atoms with E-state index in [4.69, 9.17) is 0 Å². The zero-order valence-corrected chi connectivity index (χ0v) is 12.3. The van der Waals surface area contributed by atoms with Crippen LogP contribution >= 0.6 is 0 Å². The van der Waals surface area contributed by atoms with E-state index in [0.29, 0.717) is 11.5 Å². The van der Waals surface area contributed by atoms with Crippen LogP contribution in [0.5, 0.6) is 0 Å².